The Morgan fingerprint density at radius 2 is 1.65 bits per heavy atom. The first kappa shape index (κ1) is 17.3. The predicted molar refractivity (Wildman–Crippen MR) is 88.0 cm³/mol. The topological polar surface area (TPSA) is 78.4 Å². The summed E-state index contributed by atoms with van der Waals surface area (Å²) in [6.45, 7) is 1.76. The average Bonchev–Trinajstić information content (AvgIpc) is 2.54. The molecule has 0 aliphatic carbocycles. The number of carbonyl (C=O) groups excluding carboxylic acids is 2. The van der Waals surface area contributed by atoms with Crippen molar-refractivity contribution in [3.05, 3.63) is 69.2 Å². The number of hydrogen-bond acceptors (Lipinski definition) is 3. The SMILES string of the molecule is CC(NC(=O)c1c(Cl)cccc1Cl)c1cccc(C(=O)NO)c1. The van der Waals surface area contributed by atoms with E-state index in [0.717, 1.165) is 0 Å². The second kappa shape index (κ2) is 7.46. The summed E-state index contributed by atoms with van der Waals surface area (Å²) < 4.78 is 0. The van der Waals surface area contributed by atoms with Gasteiger partial charge in [0, 0.05) is 5.56 Å². The molecule has 0 saturated heterocycles. The first-order valence-electron chi connectivity index (χ1n) is 6.73. The Morgan fingerprint density at radius 1 is 1.04 bits per heavy atom. The fourth-order valence-corrected chi connectivity index (χ4v) is 2.65. The molecule has 0 heterocycles. The maximum atomic E-state index is 12.3. The van der Waals surface area contributed by atoms with Crippen molar-refractivity contribution in [3.63, 3.8) is 0 Å². The van der Waals surface area contributed by atoms with Crippen LogP contribution in [0.2, 0.25) is 10.0 Å². The molecular formula is C16H14Cl2N2O3. The van der Waals surface area contributed by atoms with Crippen LogP contribution in [0.15, 0.2) is 42.5 Å². The highest BCUT2D eigenvalue weighted by atomic mass is 35.5. The van der Waals surface area contributed by atoms with Gasteiger partial charge in [-0.25, -0.2) is 5.48 Å². The number of benzene rings is 2. The molecule has 2 aromatic rings. The van der Waals surface area contributed by atoms with Crippen molar-refractivity contribution in [2.24, 2.45) is 0 Å². The highest BCUT2D eigenvalue weighted by Crippen LogP contribution is 2.25. The van der Waals surface area contributed by atoms with Gasteiger partial charge in [0.05, 0.1) is 21.7 Å². The zero-order valence-corrected chi connectivity index (χ0v) is 13.7. The van der Waals surface area contributed by atoms with Gasteiger partial charge in [-0.3, -0.25) is 14.8 Å². The average molecular weight is 353 g/mol. The molecule has 2 amide bonds. The number of hydroxylamine groups is 1. The second-order valence-corrected chi connectivity index (χ2v) is 5.67. The van der Waals surface area contributed by atoms with E-state index in [1.165, 1.54) is 0 Å². The van der Waals surface area contributed by atoms with Crippen molar-refractivity contribution in [3.8, 4) is 0 Å². The lowest BCUT2D eigenvalue weighted by Gasteiger charge is -2.16. The fourth-order valence-electron chi connectivity index (χ4n) is 2.08. The van der Waals surface area contributed by atoms with Crippen LogP contribution in [0.3, 0.4) is 0 Å². The highest BCUT2D eigenvalue weighted by molar-refractivity contribution is 6.39. The zero-order valence-electron chi connectivity index (χ0n) is 12.1. The van der Waals surface area contributed by atoms with Crippen LogP contribution < -0.4 is 10.8 Å². The van der Waals surface area contributed by atoms with Crippen LogP contribution in [0.1, 0.15) is 39.2 Å². The third-order valence-electron chi connectivity index (χ3n) is 3.29. The number of rotatable bonds is 4. The summed E-state index contributed by atoms with van der Waals surface area (Å²) in [6.07, 6.45) is 0. The second-order valence-electron chi connectivity index (χ2n) is 4.86. The van der Waals surface area contributed by atoms with Crippen molar-refractivity contribution in [2.45, 2.75) is 13.0 Å². The third-order valence-corrected chi connectivity index (χ3v) is 3.92. The maximum Gasteiger partial charge on any atom is 0.274 e. The number of carbonyl (C=O) groups is 2. The van der Waals surface area contributed by atoms with Crippen molar-refractivity contribution in [1.29, 1.82) is 0 Å². The Labute approximate surface area is 143 Å². The molecule has 0 saturated carbocycles. The van der Waals surface area contributed by atoms with Gasteiger partial charge in [-0.15, -0.1) is 0 Å². The minimum Gasteiger partial charge on any atom is -0.345 e. The molecule has 120 valence electrons. The molecule has 5 nitrogen and oxygen atoms in total. The Kier molecular flexibility index (Phi) is 5.60. The summed E-state index contributed by atoms with van der Waals surface area (Å²) in [5, 5.41) is 12.0. The smallest absolute Gasteiger partial charge is 0.274 e. The third kappa shape index (κ3) is 4.01. The molecule has 0 bridgehead atoms. The quantitative estimate of drug-likeness (QED) is 0.580. The summed E-state index contributed by atoms with van der Waals surface area (Å²) in [4.78, 5) is 23.8. The van der Waals surface area contributed by atoms with Crippen molar-refractivity contribution in [2.75, 3.05) is 0 Å². The van der Waals surface area contributed by atoms with Gasteiger partial charge < -0.3 is 5.32 Å². The van der Waals surface area contributed by atoms with Gasteiger partial charge in [-0.1, -0.05) is 41.4 Å². The molecule has 0 fully saturated rings. The van der Waals surface area contributed by atoms with Crippen LogP contribution >= 0.6 is 23.2 Å². The van der Waals surface area contributed by atoms with E-state index in [9.17, 15) is 9.59 Å². The van der Waals surface area contributed by atoms with Crippen LogP contribution in [0.4, 0.5) is 0 Å². The van der Waals surface area contributed by atoms with E-state index in [1.54, 1.807) is 54.9 Å². The number of halogens is 2. The predicted octanol–water partition coefficient (Wildman–Crippen LogP) is 3.60. The van der Waals surface area contributed by atoms with Crippen LogP contribution in [0.5, 0.6) is 0 Å². The molecule has 2 rings (SSSR count). The highest BCUT2D eigenvalue weighted by Gasteiger charge is 2.18. The molecule has 0 aliphatic rings. The van der Waals surface area contributed by atoms with E-state index in [1.807, 2.05) is 0 Å². The largest absolute Gasteiger partial charge is 0.345 e. The summed E-state index contributed by atoms with van der Waals surface area (Å²) in [6, 6.07) is 11.0. The van der Waals surface area contributed by atoms with Crippen LogP contribution in [0, 0.1) is 0 Å². The molecular weight excluding hydrogens is 339 g/mol. The van der Waals surface area contributed by atoms with E-state index in [-0.39, 0.29) is 27.2 Å². The van der Waals surface area contributed by atoms with E-state index in [2.05, 4.69) is 5.32 Å². The molecule has 7 heteroatoms. The van der Waals surface area contributed by atoms with Crippen molar-refractivity contribution < 1.29 is 14.8 Å². The number of amides is 2. The van der Waals surface area contributed by atoms with Gasteiger partial charge >= 0.3 is 0 Å². The van der Waals surface area contributed by atoms with Crippen LogP contribution in [0.25, 0.3) is 0 Å². The Balaban J connectivity index is 2.20. The van der Waals surface area contributed by atoms with Crippen LogP contribution in [-0.4, -0.2) is 17.0 Å². The number of nitrogens with one attached hydrogen (secondary N) is 2. The Morgan fingerprint density at radius 3 is 2.26 bits per heavy atom. The van der Waals surface area contributed by atoms with Crippen LogP contribution in [-0.2, 0) is 0 Å². The lowest BCUT2D eigenvalue weighted by atomic mass is 10.0. The summed E-state index contributed by atoms with van der Waals surface area (Å²) in [5.74, 6) is -1.04. The molecule has 0 aliphatic heterocycles. The first-order valence-corrected chi connectivity index (χ1v) is 7.49. The lowest BCUT2D eigenvalue weighted by Crippen LogP contribution is -2.27. The minimum absolute atomic E-state index is 0.201. The number of hydrogen-bond donors (Lipinski definition) is 3. The molecule has 1 unspecified atom stereocenters. The molecule has 0 aromatic heterocycles. The molecule has 1 atom stereocenters. The van der Waals surface area contributed by atoms with E-state index in [0.29, 0.717) is 5.56 Å². The zero-order chi connectivity index (χ0) is 17.0. The minimum atomic E-state index is -0.625. The van der Waals surface area contributed by atoms with Gasteiger partial charge in [0.1, 0.15) is 0 Å². The summed E-state index contributed by atoms with van der Waals surface area (Å²) >= 11 is 12.0. The van der Waals surface area contributed by atoms with Gasteiger partial charge in [-0.2, -0.15) is 0 Å². The molecule has 3 N–H and O–H groups in total. The normalized spacial score (nSPS) is 11.7. The molecule has 23 heavy (non-hydrogen) atoms. The van der Waals surface area contributed by atoms with Gasteiger partial charge in [0.2, 0.25) is 0 Å². The Hall–Kier alpha value is -2.08. The first-order chi connectivity index (χ1) is 10.9. The lowest BCUT2D eigenvalue weighted by molar-refractivity contribution is 0.0706. The van der Waals surface area contributed by atoms with Crippen molar-refractivity contribution >= 4 is 35.0 Å². The van der Waals surface area contributed by atoms with Gasteiger partial charge in [0.25, 0.3) is 11.8 Å². The van der Waals surface area contributed by atoms with Gasteiger partial charge in [0.15, 0.2) is 0 Å². The summed E-state index contributed by atoms with van der Waals surface area (Å²) in [5.41, 5.74) is 2.75. The van der Waals surface area contributed by atoms with E-state index in [4.69, 9.17) is 28.4 Å². The van der Waals surface area contributed by atoms with Gasteiger partial charge in [-0.05, 0) is 36.8 Å². The maximum absolute atomic E-state index is 12.3. The Bertz CT molecular complexity index is 730. The molecule has 2 aromatic carbocycles. The molecule has 0 radical (unpaired) electrons. The van der Waals surface area contributed by atoms with E-state index >= 15 is 0 Å². The molecule has 0 spiro atoms. The van der Waals surface area contributed by atoms with E-state index < -0.39 is 11.8 Å². The van der Waals surface area contributed by atoms with Crippen molar-refractivity contribution in [1.82, 2.24) is 10.8 Å². The fraction of sp³-hybridized carbons (Fsp3) is 0.125. The monoisotopic (exact) mass is 352 g/mol. The summed E-state index contributed by atoms with van der Waals surface area (Å²) in [7, 11) is 0. The standard InChI is InChI=1S/C16H14Cl2N2O3/c1-9(10-4-2-5-11(8-10)15(21)20-23)19-16(22)14-12(17)6-3-7-13(14)18/h2-9,23H,1H3,(H,19,22)(H,20,21).